The first kappa shape index (κ1) is 19.2. The highest BCUT2D eigenvalue weighted by atomic mass is 16.2. The summed E-state index contributed by atoms with van der Waals surface area (Å²) in [6.07, 6.45) is 2.83. The molecule has 1 amide bonds. The van der Waals surface area contributed by atoms with Gasteiger partial charge in [-0.25, -0.2) is 5.43 Å². The van der Waals surface area contributed by atoms with Crippen LogP contribution in [0.3, 0.4) is 0 Å². The number of hydrazone groups is 1. The van der Waals surface area contributed by atoms with Gasteiger partial charge in [0, 0.05) is 22.8 Å². The normalized spacial score (nSPS) is 18.6. The number of hydrogen-bond donors (Lipinski definition) is 1. The summed E-state index contributed by atoms with van der Waals surface area (Å²) in [6.45, 7) is 11.4. The molecule has 0 radical (unpaired) electrons. The third kappa shape index (κ3) is 4.05. The van der Waals surface area contributed by atoms with E-state index in [-0.39, 0.29) is 11.4 Å². The first-order chi connectivity index (χ1) is 12.8. The summed E-state index contributed by atoms with van der Waals surface area (Å²) in [7, 11) is 0. The lowest BCUT2D eigenvalue weighted by Gasteiger charge is -2.50. The molecular formula is C23H29N3O. The second kappa shape index (κ2) is 7.55. The van der Waals surface area contributed by atoms with Gasteiger partial charge in [0.1, 0.15) is 0 Å². The third-order valence-electron chi connectivity index (χ3n) is 5.23. The molecule has 1 N–H and O–H groups in total. The van der Waals surface area contributed by atoms with Crippen molar-refractivity contribution < 1.29 is 4.79 Å². The number of nitrogens with one attached hydrogen (secondary N) is 1. The average Bonchev–Trinajstić information content (AvgIpc) is 2.61. The SMILES string of the molecule is CC(C)N1c2ccc(/C=N\NC(=O)c3ccccc3)cc2[C@H](C)CC1(C)C. The summed E-state index contributed by atoms with van der Waals surface area (Å²) < 4.78 is 0. The highest BCUT2D eigenvalue weighted by Gasteiger charge is 2.37. The van der Waals surface area contributed by atoms with Gasteiger partial charge in [0.05, 0.1) is 6.21 Å². The van der Waals surface area contributed by atoms with Gasteiger partial charge in [0.2, 0.25) is 0 Å². The van der Waals surface area contributed by atoms with E-state index in [1.807, 2.05) is 18.2 Å². The summed E-state index contributed by atoms with van der Waals surface area (Å²) in [4.78, 5) is 14.6. The van der Waals surface area contributed by atoms with E-state index in [1.54, 1.807) is 18.3 Å². The Morgan fingerprint density at radius 1 is 1.22 bits per heavy atom. The van der Waals surface area contributed by atoms with Crippen LogP contribution in [0.1, 0.15) is 68.4 Å². The Morgan fingerprint density at radius 2 is 1.93 bits per heavy atom. The molecule has 0 unspecified atom stereocenters. The molecule has 0 saturated carbocycles. The lowest BCUT2D eigenvalue weighted by molar-refractivity contribution is 0.0955. The van der Waals surface area contributed by atoms with Gasteiger partial charge in [-0.15, -0.1) is 0 Å². The topological polar surface area (TPSA) is 44.7 Å². The van der Waals surface area contributed by atoms with Crippen LogP contribution in [0.4, 0.5) is 5.69 Å². The number of rotatable bonds is 4. The van der Waals surface area contributed by atoms with Crippen LogP contribution in [-0.2, 0) is 0 Å². The molecule has 1 aliphatic heterocycles. The van der Waals surface area contributed by atoms with Gasteiger partial charge in [0.25, 0.3) is 5.91 Å². The molecule has 1 heterocycles. The minimum Gasteiger partial charge on any atom is -0.364 e. The first-order valence-electron chi connectivity index (χ1n) is 9.61. The van der Waals surface area contributed by atoms with E-state index < -0.39 is 0 Å². The minimum absolute atomic E-state index is 0.139. The Balaban J connectivity index is 1.80. The maximum Gasteiger partial charge on any atom is 0.271 e. The molecule has 0 aromatic heterocycles. The molecule has 0 saturated heterocycles. The van der Waals surface area contributed by atoms with Gasteiger partial charge in [0.15, 0.2) is 0 Å². The lowest BCUT2D eigenvalue weighted by atomic mass is 9.79. The smallest absolute Gasteiger partial charge is 0.271 e. The zero-order chi connectivity index (χ0) is 19.6. The Kier molecular flexibility index (Phi) is 5.36. The van der Waals surface area contributed by atoms with Crippen molar-refractivity contribution >= 4 is 17.8 Å². The van der Waals surface area contributed by atoms with Gasteiger partial charge < -0.3 is 4.90 Å². The van der Waals surface area contributed by atoms with Crippen molar-refractivity contribution in [1.82, 2.24) is 5.43 Å². The summed E-state index contributed by atoms with van der Waals surface area (Å²) >= 11 is 0. The molecule has 4 nitrogen and oxygen atoms in total. The van der Waals surface area contributed by atoms with Crippen molar-refractivity contribution in [1.29, 1.82) is 0 Å². The molecule has 3 rings (SSSR count). The van der Waals surface area contributed by atoms with Gasteiger partial charge in [-0.3, -0.25) is 4.79 Å². The van der Waals surface area contributed by atoms with Crippen molar-refractivity contribution in [3.8, 4) is 0 Å². The Hall–Kier alpha value is -2.62. The van der Waals surface area contributed by atoms with Crippen LogP contribution in [0.25, 0.3) is 0 Å². The summed E-state index contributed by atoms with van der Waals surface area (Å²) in [5.41, 5.74) is 6.99. The number of carbonyl (C=O) groups excluding carboxylic acids is 1. The molecule has 142 valence electrons. The highest BCUT2D eigenvalue weighted by molar-refractivity contribution is 5.94. The van der Waals surface area contributed by atoms with Crippen LogP contribution < -0.4 is 10.3 Å². The van der Waals surface area contributed by atoms with E-state index in [2.05, 4.69) is 68.2 Å². The monoisotopic (exact) mass is 363 g/mol. The number of hydrogen-bond acceptors (Lipinski definition) is 3. The Morgan fingerprint density at radius 3 is 2.59 bits per heavy atom. The maximum absolute atomic E-state index is 12.1. The number of nitrogens with zero attached hydrogens (tertiary/aromatic N) is 2. The van der Waals surface area contributed by atoms with E-state index in [1.165, 1.54) is 11.3 Å². The van der Waals surface area contributed by atoms with Crippen LogP contribution in [-0.4, -0.2) is 23.7 Å². The lowest BCUT2D eigenvalue weighted by Crippen LogP contribution is -2.51. The van der Waals surface area contributed by atoms with E-state index in [9.17, 15) is 4.79 Å². The number of carbonyl (C=O) groups is 1. The molecule has 1 atom stereocenters. The van der Waals surface area contributed by atoms with Gasteiger partial charge in [-0.05, 0) is 75.4 Å². The van der Waals surface area contributed by atoms with Gasteiger partial charge in [-0.2, -0.15) is 5.10 Å². The maximum atomic E-state index is 12.1. The molecule has 27 heavy (non-hydrogen) atoms. The predicted octanol–water partition coefficient (Wildman–Crippen LogP) is 4.95. The molecule has 2 aromatic carbocycles. The fourth-order valence-electron chi connectivity index (χ4n) is 4.35. The van der Waals surface area contributed by atoms with E-state index >= 15 is 0 Å². The quantitative estimate of drug-likeness (QED) is 0.617. The van der Waals surface area contributed by atoms with Crippen molar-refractivity contribution in [2.75, 3.05) is 4.90 Å². The molecule has 0 aliphatic carbocycles. The second-order valence-electron chi connectivity index (χ2n) is 8.26. The standard InChI is InChI=1S/C23H29N3O/c1-16(2)26-21-12-11-18(13-20(21)17(3)14-23(26,4)5)15-24-25-22(27)19-9-7-6-8-10-19/h6-13,15-17H,14H2,1-5H3,(H,25,27)/b24-15-/t17-/m1/s1. The summed E-state index contributed by atoms with van der Waals surface area (Å²) in [5, 5.41) is 4.14. The van der Waals surface area contributed by atoms with E-state index in [0.717, 1.165) is 12.0 Å². The van der Waals surface area contributed by atoms with Crippen molar-refractivity contribution in [2.24, 2.45) is 5.10 Å². The van der Waals surface area contributed by atoms with Gasteiger partial charge in [-0.1, -0.05) is 31.2 Å². The van der Waals surface area contributed by atoms with Crippen LogP contribution in [0.5, 0.6) is 0 Å². The number of benzene rings is 2. The summed E-state index contributed by atoms with van der Waals surface area (Å²) in [5.74, 6) is 0.281. The fraction of sp³-hybridized carbons (Fsp3) is 0.391. The Labute approximate surface area is 162 Å². The van der Waals surface area contributed by atoms with Crippen LogP contribution in [0.2, 0.25) is 0 Å². The predicted molar refractivity (Wildman–Crippen MR) is 113 cm³/mol. The van der Waals surface area contributed by atoms with E-state index in [4.69, 9.17) is 0 Å². The largest absolute Gasteiger partial charge is 0.364 e. The average molecular weight is 364 g/mol. The molecule has 0 fully saturated rings. The number of anilines is 1. The zero-order valence-corrected chi connectivity index (χ0v) is 16.9. The van der Waals surface area contributed by atoms with Crippen LogP contribution in [0, 0.1) is 0 Å². The molecule has 0 spiro atoms. The zero-order valence-electron chi connectivity index (χ0n) is 16.9. The van der Waals surface area contributed by atoms with Crippen LogP contribution in [0.15, 0.2) is 53.6 Å². The van der Waals surface area contributed by atoms with Crippen molar-refractivity contribution in [3.63, 3.8) is 0 Å². The highest BCUT2D eigenvalue weighted by Crippen LogP contribution is 2.44. The van der Waals surface area contributed by atoms with Gasteiger partial charge >= 0.3 is 0 Å². The second-order valence-corrected chi connectivity index (χ2v) is 8.26. The fourth-order valence-corrected chi connectivity index (χ4v) is 4.35. The van der Waals surface area contributed by atoms with Crippen molar-refractivity contribution in [2.45, 2.75) is 58.5 Å². The van der Waals surface area contributed by atoms with Crippen molar-refractivity contribution in [3.05, 3.63) is 65.2 Å². The number of fused-ring (bicyclic) bond motifs is 1. The van der Waals surface area contributed by atoms with E-state index in [0.29, 0.717) is 17.5 Å². The molecule has 1 aliphatic rings. The molecule has 4 heteroatoms. The number of amides is 1. The Bertz CT molecular complexity index is 840. The molecule has 2 aromatic rings. The molecule has 0 bridgehead atoms. The van der Waals surface area contributed by atoms with Crippen LogP contribution >= 0.6 is 0 Å². The third-order valence-corrected chi connectivity index (χ3v) is 5.23. The first-order valence-corrected chi connectivity index (χ1v) is 9.61. The molecular weight excluding hydrogens is 334 g/mol. The minimum atomic E-state index is -0.203. The summed E-state index contributed by atoms with van der Waals surface area (Å²) in [6, 6.07) is 16.0.